The van der Waals surface area contributed by atoms with Crippen LogP contribution in [-0.2, 0) is 6.42 Å². The lowest BCUT2D eigenvalue weighted by atomic mass is 9.77. The van der Waals surface area contributed by atoms with Gasteiger partial charge in [-0.15, -0.1) is 0 Å². The van der Waals surface area contributed by atoms with E-state index in [1.165, 1.54) is 43.2 Å². The third-order valence-corrected chi connectivity index (χ3v) is 5.09. The molecule has 110 valence electrons. The van der Waals surface area contributed by atoms with Crippen molar-refractivity contribution in [1.29, 1.82) is 0 Å². The van der Waals surface area contributed by atoms with Crippen LogP contribution in [0.3, 0.4) is 0 Å². The summed E-state index contributed by atoms with van der Waals surface area (Å²) in [6.45, 7) is 6.67. The molecule has 1 atom stereocenters. The molecule has 20 heavy (non-hydrogen) atoms. The van der Waals surface area contributed by atoms with Gasteiger partial charge in [-0.05, 0) is 48.4 Å². The highest BCUT2D eigenvalue weighted by atomic mass is 16.5. The van der Waals surface area contributed by atoms with Crippen molar-refractivity contribution < 1.29 is 4.74 Å². The van der Waals surface area contributed by atoms with Gasteiger partial charge < -0.3 is 10.1 Å². The second kappa shape index (κ2) is 5.77. The molecule has 2 nitrogen and oxygen atoms in total. The first-order valence-electron chi connectivity index (χ1n) is 8.22. The average Bonchev–Trinajstić information content (AvgIpc) is 3.08. The maximum Gasteiger partial charge on any atom is 0.122 e. The molecule has 0 spiro atoms. The van der Waals surface area contributed by atoms with Gasteiger partial charge in [0.1, 0.15) is 5.75 Å². The van der Waals surface area contributed by atoms with Gasteiger partial charge in [0.05, 0.1) is 6.61 Å². The lowest BCUT2D eigenvalue weighted by Gasteiger charge is -2.35. The van der Waals surface area contributed by atoms with Gasteiger partial charge in [-0.2, -0.15) is 0 Å². The normalized spacial score (nSPS) is 21.5. The first kappa shape index (κ1) is 13.9. The molecule has 2 heteroatoms. The number of hydrogen-bond donors (Lipinski definition) is 1. The first-order chi connectivity index (χ1) is 9.73. The van der Waals surface area contributed by atoms with Crippen molar-refractivity contribution in [1.82, 2.24) is 5.32 Å². The molecular formula is C18H27NO. The fourth-order valence-corrected chi connectivity index (χ4v) is 3.91. The second-order valence-corrected chi connectivity index (χ2v) is 6.71. The van der Waals surface area contributed by atoms with Crippen LogP contribution in [0.4, 0.5) is 0 Å². The van der Waals surface area contributed by atoms with E-state index in [1.54, 1.807) is 0 Å². The van der Waals surface area contributed by atoms with Crippen molar-refractivity contribution in [2.45, 2.75) is 58.4 Å². The minimum Gasteiger partial charge on any atom is -0.493 e. The van der Waals surface area contributed by atoms with Crippen molar-refractivity contribution in [2.75, 3.05) is 13.2 Å². The maximum atomic E-state index is 5.64. The van der Waals surface area contributed by atoms with Crippen LogP contribution in [0.15, 0.2) is 18.2 Å². The molecule has 1 N–H and O–H groups in total. The molecule has 1 aliphatic carbocycles. The van der Waals surface area contributed by atoms with Gasteiger partial charge in [-0.3, -0.25) is 0 Å². The molecule has 0 saturated heterocycles. The van der Waals surface area contributed by atoms with Gasteiger partial charge >= 0.3 is 0 Å². The van der Waals surface area contributed by atoms with Crippen LogP contribution >= 0.6 is 0 Å². The lowest BCUT2D eigenvalue weighted by Crippen LogP contribution is -2.35. The smallest absolute Gasteiger partial charge is 0.122 e. The van der Waals surface area contributed by atoms with Crippen LogP contribution in [-0.4, -0.2) is 13.2 Å². The molecule has 0 radical (unpaired) electrons. The molecule has 0 aromatic heterocycles. The van der Waals surface area contributed by atoms with Crippen molar-refractivity contribution >= 4 is 0 Å². The van der Waals surface area contributed by atoms with E-state index in [4.69, 9.17) is 4.74 Å². The van der Waals surface area contributed by atoms with Crippen molar-refractivity contribution in [3.05, 3.63) is 29.3 Å². The summed E-state index contributed by atoms with van der Waals surface area (Å²) in [6, 6.07) is 7.34. The van der Waals surface area contributed by atoms with E-state index < -0.39 is 0 Å². The number of benzene rings is 1. The van der Waals surface area contributed by atoms with Crippen LogP contribution in [0.2, 0.25) is 0 Å². The second-order valence-electron chi connectivity index (χ2n) is 6.71. The molecule has 3 rings (SSSR count). The Morgan fingerprint density at radius 2 is 2.10 bits per heavy atom. The quantitative estimate of drug-likeness (QED) is 0.866. The Morgan fingerprint density at radius 3 is 2.85 bits per heavy atom. The Kier molecular flexibility index (Phi) is 4.02. The maximum absolute atomic E-state index is 5.64. The van der Waals surface area contributed by atoms with Crippen LogP contribution in [0.25, 0.3) is 0 Å². The third-order valence-electron chi connectivity index (χ3n) is 5.09. The van der Waals surface area contributed by atoms with Crippen LogP contribution in [0, 0.1) is 5.41 Å². The zero-order valence-corrected chi connectivity index (χ0v) is 12.9. The zero-order valence-electron chi connectivity index (χ0n) is 12.9. The Balaban J connectivity index is 1.88. The molecule has 1 aromatic rings. The summed E-state index contributed by atoms with van der Waals surface area (Å²) in [6.07, 6.45) is 7.73. The number of fused-ring (bicyclic) bond motifs is 1. The van der Waals surface area contributed by atoms with Gasteiger partial charge in [0.2, 0.25) is 0 Å². The van der Waals surface area contributed by atoms with Crippen molar-refractivity contribution in [3.63, 3.8) is 0 Å². The van der Waals surface area contributed by atoms with Crippen LogP contribution in [0.1, 0.15) is 63.1 Å². The molecule has 2 aliphatic rings. The fourth-order valence-electron chi connectivity index (χ4n) is 3.91. The van der Waals surface area contributed by atoms with E-state index in [9.17, 15) is 0 Å². The molecule has 1 aromatic carbocycles. The number of rotatable bonds is 5. The summed E-state index contributed by atoms with van der Waals surface area (Å²) in [7, 11) is 0. The minimum absolute atomic E-state index is 0.420. The SMILES string of the molecule is CCCNC(c1ccc2c(c1)CCO2)C1(C)CCCC1. The Hall–Kier alpha value is -1.02. The Bertz CT molecular complexity index is 462. The highest BCUT2D eigenvalue weighted by molar-refractivity contribution is 5.41. The lowest BCUT2D eigenvalue weighted by molar-refractivity contribution is 0.223. The van der Waals surface area contributed by atoms with E-state index in [1.807, 2.05) is 0 Å². The van der Waals surface area contributed by atoms with E-state index >= 15 is 0 Å². The van der Waals surface area contributed by atoms with Crippen LogP contribution in [0.5, 0.6) is 5.75 Å². The summed E-state index contributed by atoms with van der Waals surface area (Å²) in [5, 5.41) is 3.82. The molecule has 1 aliphatic heterocycles. The summed E-state index contributed by atoms with van der Waals surface area (Å²) < 4.78 is 5.64. The molecule has 1 heterocycles. The summed E-state index contributed by atoms with van der Waals surface area (Å²) in [5.74, 6) is 1.10. The van der Waals surface area contributed by atoms with Gasteiger partial charge in [0.25, 0.3) is 0 Å². The summed E-state index contributed by atoms with van der Waals surface area (Å²) >= 11 is 0. The molecular weight excluding hydrogens is 246 g/mol. The predicted octanol–water partition coefficient (Wildman–Crippen LogP) is 4.24. The molecule has 0 amide bonds. The summed E-state index contributed by atoms with van der Waals surface area (Å²) in [5.41, 5.74) is 3.28. The van der Waals surface area contributed by atoms with E-state index in [2.05, 4.69) is 37.4 Å². The van der Waals surface area contributed by atoms with E-state index in [0.717, 1.165) is 25.3 Å². The number of hydrogen-bond acceptors (Lipinski definition) is 2. The summed E-state index contributed by atoms with van der Waals surface area (Å²) in [4.78, 5) is 0. The largest absolute Gasteiger partial charge is 0.493 e. The average molecular weight is 273 g/mol. The topological polar surface area (TPSA) is 21.3 Å². The van der Waals surface area contributed by atoms with Gasteiger partial charge in [0.15, 0.2) is 0 Å². The van der Waals surface area contributed by atoms with Crippen molar-refractivity contribution in [2.24, 2.45) is 5.41 Å². The Morgan fingerprint density at radius 1 is 1.30 bits per heavy atom. The Labute approximate surface area is 122 Å². The molecule has 1 fully saturated rings. The minimum atomic E-state index is 0.420. The van der Waals surface area contributed by atoms with E-state index in [0.29, 0.717) is 11.5 Å². The third kappa shape index (κ3) is 2.58. The van der Waals surface area contributed by atoms with E-state index in [-0.39, 0.29) is 0 Å². The highest BCUT2D eigenvalue weighted by Gasteiger charge is 2.37. The monoisotopic (exact) mass is 273 g/mol. The molecule has 0 bridgehead atoms. The van der Waals surface area contributed by atoms with Crippen molar-refractivity contribution in [3.8, 4) is 5.75 Å². The standard InChI is InChI=1S/C18H27NO/c1-3-11-19-17(18(2)9-4-5-10-18)15-6-7-16-14(13-15)8-12-20-16/h6-7,13,17,19H,3-5,8-12H2,1-2H3. The van der Waals surface area contributed by atoms with Gasteiger partial charge in [0, 0.05) is 12.5 Å². The number of nitrogens with one attached hydrogen (secondary N) is 1. The molecule has 1 unspecified atom stereocenters. The zero-order chi connectivity index (χ0) is 14.0. The highest BCUT2D eigenvalue weighted by Crippen LogP contribution is 2.47. The van der Waals surface area contributed by atoms with Gasteiger partial charge in [-0.25, -0.2) is 0 Å². The van der Waals surface area contributed by atoms with Gasteiger partial charge in [-0.1, -0.05) is 38.8 Å². The predicted molar refractivity (Wildman–Crippen MR) is 83.3 cm³/mol. The number of ether oxygens (including phenoxy) is 1. The molecule has 1 saturated carbocycles. The fraction of sp³-hybridized carbons (Fsp3) is 0.667. The first-order valence-corrected chi connectivity index (χ1v) is 8.22. The van der Waals surface area contributed by atoms with Crippen LogP contribution < -0.4 is 10.1 Å².